The van der Waals surface area contributed by atoms with Gasteiger partial charge < -0.3 is 9.55 Å². The van der Waals surface area contributed by atoms with Crippen LogP contribution in [-0.4, -0.2) is 25.6 Å². The molecule has 6 heteroatoms. The highest BCUT2D eigenvalue weighted by Crippen LogP contribution is 2.22. The molecule has 0 radical (unpaired) electrons. The van der Waals surface area contributed by atoms with Gasteiger partial charge in [0, 0.05) is 48.3 Å². The van der Waals surface area contributed by atoms with Crippen molar-refractivity contribution < 1.29 is 4.79 Å². The van der Waals surface area contributed by atoms with Gasteiger partial charge in [-0.05, 0) is 49.3 Å². The Kier molecular flexibility index (Phi) is 11.8. The molecule has 35 heavy (non-hydrogen) atoms. The van der Waals surface area contributed by atoms with Crippen LogP contribution in [0.3, 0.4) is 0 Å². The fraction of sp³-hybridized carbons (Fsp3) is 0.552. The number of fused-ring (bicyclic) bond motifs is 1. The molecular formula is C29H40BrN3O2. The zero-order valence-corrected chi connectivity index (χ0v) is 22.7. The number of aryl methyl sites for hydroxylation is 2. The highest BCUT2D eigenvalue weighted by molar-refractivity contribution is 9.09. The normalized spacial score (nSPS) is 11.4. The van der Waals surface area contributed by atoms with Crippen LogP contribution in [0.4, 0.5) is 0 Å². The van der Waals surface area contributed by atoms with Gasteiger partial charge in [0.2, 0.25) is 0 Å². The molecule has 0 spiro atoms. The molecule has 2 heterocycles. The molecular weight excluding hydrogens is 502 g/mol. The number of nitrogens with zero attached hydrogens (tertiary/aromatic N) is 2. The first-order valence-corrected chi connectivity index (χ1v) is 14.5. The van der Waals surface area contributed by atoms with Crippen molar-refractivity contribution >= 4 is 32.5 Å². The third-order valence-corrected chi connectivity index (χ3v) is 7.27. The molecule has 0 aliphatic rings. The van der Waals surface area contributed by atoms with Gasteiger partial charge in [0.05, 0.1) is 11.9 Å². The monoisotopic (exact) mass is 541 g/mol. The van der Waals surface area contributed by atoms with Gasteiger partial charge in [-0.1, -0.05) is 67.4 Å². The van der Waals surface area contributed by atoms with E-state index in [1.807, 2.05) is 36.0 Å². The maximum absolute atomic E-state index is 13.0. The number of aromatic nitrogens is 3. The number of ketones is 1. The predicted octanol–water partition coefficient (Wildman–Crippen LogP) is 7.60. The molecule has 1 aromatic carbocycles. The minimum atomic E-state index is 0.0966. The lowest BCUT2D eigenvalue weighted by molar-refractivity contribution is -0.118. The Morgan fingerprint density at radius 2 is 1.71 bits per heavy atom. The fourth-order valence-electron chi connectivity index (χ4n) is 4.50. The Morgan fingerprint density at radius 3 is 2.51 bits per heavy atom. The van der Waals surface area contributed by atoms with Crippen molar-refractivity contribution in [2.24, 2.45) is 0 Å². The number of H-pyrrole nitrogens is 1. The molecule has 190 valence electrons. The molecule has 0 saturated carbocycles. The number of benzene rings is 1. The Balaban J connectivity index is 1.50. The summed E-state index contributed by atoms with van der Waals surface area (Å²) in [5.41, 5.74) is 2.13. The molecule has 0 fully saturated rings. The van der Waals surface area contributed by atoms with Crippen molar-refractivity contribution in [3.8, 4) is 11.3 Å². The number of pyridine rings is 1. The van der Waals surface area contributed by atoms with Gasteiger partial charge in [-0.25, -0.2) is 4.98 Å². The first kappa shape index (κ1) is 27.4. The largest absolute Gasteiger partial charge is 0.342 e. The van der Waals surface area contributed by atoms with E-state index in [1.54, 1.807) is 0 Å². The second-order valence-corrected chi connectivity index (χ2v) is 10.3. The number of hydrogen-bond acceptors (Lipinski definition) is 3. The van der Waals surface area contributed by atoms with E-state index >= 15 is 0 Å². The number of carbonyl (C=O) groups excluding carboxylic acids is 1. The maximum atomic E-state index is 13.0. The smallest absolute Gasteiger partial charge is 0.258 e. The quantitative estimate of drug-likeness (QED) is 0.141. The summed E-state index contributed by atoms with van der Waals surface area (Å²) in [4.78, 5) is 32.3. The number of carbonyl (C=O) groups is 1. The maximum Gasteiger partial charge on any atom is 0.258 e. The topological polar surface area (TPSA) is 67.8 Å². The summed E-state index contributed by atoms with van der Waals surface area (Å²) < 4.78 is 1.85. The van der Waals surface area contributed by atoms with Gasteiger partial charge in [-0.3, -0.25) is 9.59 Å². The third kappa shape index (κ3) is 8.75. The molecule has 0 atom stereocenters. The molecule has 0 aliphatic heterocycles. The van der Waals surface area contributed by atoms with Crippen molar-refractivity contribution in [1.29, 1.82) is 0 Å². The van der Waals surface area contributed by atoms with Crippen LogP contribution >= 0.6 is 15.9 Å². The molecule has 0 aliphatic carbocycles. The standard InChI is InChI=1S/C29H40BrN3O2/c1-2-25(34)13-9-5-6-10-14-28-31-22-27(32-28)24-15-16-26-23(21-24)17-20-33(29(26)35)19-12-8-4-3-7-11-18-30/h15-17,20-22H,2-14,18-19H2,1H3,(H,31,32). The lowest BCUT2D eigenvalue weighted by atomic mass is 10.1. The number of imidazole rings is 1. The van der Waals surface area contributed by atoms with Crippen LogP contribution in [0.15, 0.2) is 41.5 Å². The lowest BCUT2D eigenvalue weighted by Gasteiger charge is -2.08. The average molecular weight is 543 g/mol. The van der Waals surface area contributed by atoms with Crippen LogP contribution in [0.5, 0.6) is 0 Å². The molecule has 1 N–H and O–H groups in total. The first-order chi connectivity index (χ1) is 17.1. The third-order valence-electron chi connectivity index (χ3n) is 6.71. The molecule has 3 rings (SSSR count). The molecule has 0 bridgehead atoms. The Labute approximate surface area is 217 Å². The fourth-order valence-corrected chi connectivity index (χ4v) is 4.89. The number of alkyl halides is 1. The zero-order valence-electron chi connectivity index (χ0n) is 21.2. The number of halogens is 1. The van der Waals surface area contributed by atoms with Gasteiger partial charge in [0.25, 0.3) is 5.56 Å². The van der Waals surface area contributed by atoms with E-state index in [-0.39, 0.29) is 5.56 Å². The molecule has 0 amide bonds. The van der Waals surface area contributed by atoms with Gasteiger partial charge in [-0.15, -0.1) is 0 Å². The van der Waals surface area contributed by atoms with E-state index in [4.69, 9.17) is 0 Å². The summed E-state index contributed by atoms with van der Waals surface area (Å²) in [7, 11) is 0. The van der Waals surface area contributed by atoms with Crippen molar-refractivity contribution in [3.05, 3.63) is 52.8 Å². The summed E-state index contributed by atoms with van der Waals surface area (Å²) >= 11 is 3.48. The summed E-state index contributed by atoms with van der Waals surface area (Å²) in [5.74, 6) is 1.36. The van der Waals surface area contributed by atoms with Gasteiger partial charge in [0.15, 0.2) is 0 Å². The number of rotatable bonds is 17. The van der Waals surface area contributed by atoms with Crippen LogP contribution in [0, 0.1) is 0 Å². The average Bonchev–Trinajstić information content (AvgIpc) is 3.35. The minimum absolute atomic E-state index is 0.0966. The second kappa shape index (κ2) is 15.0. The molecule has 0 unspecified atom stereocenters. The van der Waals surface area contributed by atoms with E-state index < -0.39 is 0 Å². The highest BCUT2D eigenvalue weighted by atomic mass is 79.9. The van der Waals surface area contributed by atoms with E-state index in [0.717, 1.165) is 78.3 Å². The molecule has 5 nitrogen and oxygen atoms in total. The van der Waals surface area contributed by atoms with E-state index in [0.29, 0.717) is 18.6 Å². The predicted molar refractivity (Wildman–Crippen MR) is 149 cm³/mol. The van der Waals surface area contributed by atoms with Gasteiger partial charge >= 0.3 is 0 Å². The van der Waals surface area contributed by atoms with E-state index in [2.05, 4.69) is 38.0 Å². The first-order valence-electron chi connectivity index (χ1n) is 13.4. The Hall–Kier alpha value is -2.21. The Morgan fingerprint density at radius 1 is 0.971 bits per heavy atom. The second-order valence-electron chi connectivity index (χ2n) is 9.48. The van der Waals surface area contributed by atoms with E-state index in [1.165, 1.54) is 32.1 Å². The minimum Gasteiger partial charge on any atom is -0.342 e. The molecule has 3 aromatic rings. The number of aromatic amines is 1. The van der Waals surface area contributed by atoms with Crippen LogP contribution in [0.2, 0.25) is 0 Å². The molecule has 2 aromatic heterocycles. The number of nitrogens with one attached hydrogen (secondary N) is 1. The summed E-state index contributed by atoms with van der Waals surface area (Å²) in [6.07, 6.45) is 17.6. The van der Waals surface area contributed by atoms with Crippen LogP contribution in [0.1, 0.15) is 89.8 Å². The lowest BCUT2D eigenvalue weighted by Crippen LogP contribution is -2.19. The van der Waals surface area contributed by atoms with Gasteiger partial charge in [0.1, 0.15) is 11.6 Å². The summed E-state index contributed by atoms with van der Waals surface area (Å²) in [5, 5.41) is 2.83. The van der Waals surface area contributed by atoms with Crippen LogP contribution < -0.4 is 5.56 Å². The van der Waals surface area contributed by atoms with Crippen molar-refractivity contribution in [1.82, 2.24) is 14.5 Å². The SMILES string of the molecule is CCC(=O)CCCCCCc1ncc(-c2ccc3c(=O)n(CCCCCCCCBr)ccc3c2)[nH]1. The van der Waals surface area contributed by atoms with Gasteiger partial charge in [-0.2, -0.15) is 0 Å². The number of Topliss-reactive ketones (excluding diaryl/α,β-unsaturated/α-hetero) is 1. The van der Waals surface area contributed by atoms with Crippen molar-refractivity contribution in [2.75, 3.05) is 5.33 Å². The van der Waals surface area contributed by atoms with Crippen LogP contribution in [-0.2, 0) is 17.8 Å². The van der Waals surface area contributed by atoms with Crippen molar-refractivity contribution in [2.45, 2.75) is 96.9 Å². The highest BCUT2D eigenvalue weighted by Gasteiger charge is 2.08. The number of hydrogen-bond donors (Lipinski definition) is 1. The number of unbranched alkanes of at least 4 members (excludes halogenated alkanes) is 8. The summed E-state index contributed by atoms with van der Waals surface area (Å²) in [6, 6.07) is 8.09. The summed E-state index contributed by atoms with van der Waals surface area (Å²) in [6.45, 7) is 2.72. The zero-order chi connectivity index (χ0) is 24.9. The van der Waals surface area contributed by atoms with Crippen LogP contribution in [0.25, 0.3) is 22.0 Å². The van der Waals surface area contributed by atoms with E-state index in [9.17, 15) is 9.59 Å². The molecule has 0 saturated heterocycles. The van der Waals surface area contributed by atoms with Crippen molar-refractivity contribution in [3.63, 3.8) is 0 Å². The Bertz CT molecular complexity index is 1120.